The van der Waals surface area contributed by atoms with Crippen molar-refractivity contribution in [1.82, 2.24) is 9.80 Å². The number of amides is 2. The van der Waals surface area contributed by atoms with Crippen LogP contribution in [0.5, 0.6) is 0 Å². The van der Waals surface area contributed by atoms with E-state index in [1.54, 1.807) is 16.7 Å². The van der Waals surface area contributed by atoms with Crippen molar-refractivity contribution in [2.75, 3.05) is 18.9 Å². The number of nitrogens with zero attached hydrogens (tertiary/aromatic N) is 2. The van der Waals surface area contributed by atoms with Gasteiger partial charge in [-0.15, -0.1) is 11.8 Å². The molecule has 2 rings (SSSR count). The zero-order valence-electron chi connectivity index (χ0n) is 11.7. The van der Waals surface area contributed by atoms with Gasteiger partial charge in [0.2, 0.25) is 0 Å². The number of thioether (sulfide) groups is 1. The fraction of sp³-hybridized carbons (Fsp3) is 0.846. The van der Waals surface area contributed by atoms with Crippen molar-refractivity contribution in [3.05, 3.63) is 0 Å². The van der Waals surface area contributed by atoms with E-state index in [4.69, 9.17) is 0 Å². The van der Waals surface area contributed by atoms with Crippen LogP contribution in [0.4, 0.5) is 4.79 Å². The van der Waals surface area contributed by atoms with Gasteiger partial charge in [0.1, 0.15) is 6.04 Å². The molecule has 7 heteroatoms. The fourth-order valence-electron chi connectivity index (χ4n) is 2.91. The van der Waals surface area contributed by atoms with Gasteiger partial charge < -0.3 is 15.1 Å². The van der Waals surface area contributed by atoms with E-state index in [1.165, 1.54) is 4.90 Å². The van der Waals surface area contributed by atoms with Crippen molar-refractivity contribution in [1.29, 1.82) is 0 Å². The number of carbonyl (C=O) groups is 2. The normalized spacial score (nSPS) is 30.0. The van der Waals surface area contributed by atoms with Gasteiger partial charge in [-0.25, -0.2) is 9.59 Å². The van der Waals surface area contributed by atoms with Gasteiger partial charge in [0.15, 0.2) is 0 Å². The van der Waals surface area contributed by atoms with Crippen LogP contribution in [0, 0.1) is 0 Å². The number of urea groups is 1. The number of rotatable bonds is 4. The van der Waals surface area contributed by atoms with Gasteiger partial charge in [-0.1, -0.05) is 13.3 Å². The van der Waals surface area contributed by atoms with Crippen molar-refractivity contribution in [2.45, 2.75) is 50.1 Å². The molecule has 2 N–H and O–H groups in total. The number of hydrogen-bond donors (Lipinski definition) is 2. The molecule has 0 bridgehead atoms. The molecule has 114 valence electrons. The minimum atomic E-state index is -0.941. The van der Waals surface area contributed by atoms with Crippen LogP contribution >= 0.6 is 11.8 Å². The number of likely N-dealkylation sites (tertiary alicyclic amines) is 1. The van der Waals surface area contributed by atoms with E-state index < -0.39 is 12.0 Å². The molecule has 2 saturated heterocycles. The number of carboxylic acid groups (broad SMARTS) is 1. The summed E-state index contributed by atoms with van der Waals surface area (Å²) >= 11 is 1.54. The molecule has 0 aromatic heterocycles. The molecular formula is C13H22N2O4S. The highest BCUT2D eigenvalue weighted by molar-refractivity contribution is 8.00. The Bertz CT molecular complexity index is 379. The molecule has 2 aliphatic rings. The molecule has 2 amide bonds. The summed E-state index contributed by atoms with van der Waals surface area (Å²) in [4.78, 5) is 27.2. The van der Waals surface area contributed by atoms with Crippen LogP contribution in [0.15, 0.2) is 0 Å². The molecule has 0 aliphatic carbocycles. The lowest BCUT2D eigenvalue weighted by atomic mass is 10.2. The maximum atomic E-state index is 12.7. The standard InChI is InChI=1S/C13H22N2O4S/c1-2-4-11-15(10(8-20-11)12(17)18)13(19)14-6-3-5-9(14)7-16/h9-11,16H,2-8H2,1H3,(H,17,18). The quantitative estimate of drug-likeness (QED) is 0.815. The number of hydrogen-bond acceptors (Lipinski definition) is 4. The second kappa shape index (κ2) is 6.67. The number of carboxylic acids is 1. The maximum absolute atomic E-state index is 12.7. The lowest BCUT2D eigenvalue weighted by Gasteiger charge is -2.33. The van der Waals surface area contributed by atoms with Crippen molar-refractivity contribution in [2.24, 2.45) is 0 Å². The van der Waals surface area contributed by atoms with Crippen LogP contribution in [0.3, 0.4) is 0 Å². The van der Waals surface area contributed by atoms with Crippen LogP contribution in [-0.4, -0.2) is 68.4 Å². The van der Waals surface area contributed by atoms with Crippen LogP contribution in [0.2, 0.25) is 0 Å². The number of aliphatic hydroxyl groups excluding tert-OH is 1. The van der Waals surface area contributed by atoms with Crippen molar-refractivity contribution < 1.29 is 19.8 Å². The molecule has 0 spiro atoms. The fourth-order valence-corrected chi connectivity index (χ4v) is 4.41. The third-order valence-electron chi connectivity index (χ3n) is 3.97. The van der Waals surface area contributed by atoms with Crippen molar-refractivity contribution >= 4 is 23.8 Å². The van der Waals surface area contributed by atoms with Gasteiger partial charge in [0.05, 0.1) is 18.0 Å². The Morgan fingerprint density at radius 1 is 1.40 bits per heavy atom. The molecule has 2 aliphatic heterocycles. The van der Waals surface area contributed by atoms with Crippen LogP contribution < -0.4 is 0 Å². The van der Waals surface area contributed by atoms with E-state index in [-0.39, 0.29) is 24.1 Å². The topological polar surface area (TPSA) is 81.1 Å². The second-order valence-corrected chi connectivity index (χ2v) is 6.50. The summed E-state index contributed by atoms with van der Waals surface area (Å²) < 4.78 is 0. The summed E-state index contributed by atoms with van der Waals surface area (Å²) in [5.41, 5.74) is 0. The molecule has 2 heterocycles. The van der Waals surface area contributed by atoms with E-state index in [0.29, 0.717) is 12.3 Å². The Balaban J connectivity index is 2.16. The monoisotopic (exact) mass is 302 g/mol. The Labute approximate surface area is 123 Å². The first-order valence-corrected chi connectivity index (χ1v) is 8.19. The van der Waals surface area contributed by atoms with Gasteiger partial charge in [0.25, 0.3) is 0 Å². The Kier molecular flexibility index (Phi) is 5.15. The summed E-state index contributed by atoms with van der Waals surface area (Å²) in [6, 6.07) is -1.13. The van der Waals surface area contributed by atoms with Crippen LogP contribution in [0.25, 0.3) is 0 Å². The van der Waals surface area contributed by atoms with Gasteiger partial charge in [-0.05, 0) is 19.3 Å². The highest BCUT2D eigenvalue weighted by Crippen LogP contribution is 2.34. The zero-order valence-corrected chi connectivity index (χ0v) is 12.5. The minimum absolute atomic E-state index is 0.0527. The third kappa shape index (κ3) is 2.88. The van der Waals surface area contributed by atoms with Gasteiger partial charge in [0, 0.05) is 12.3 Å². The average Bonchev–Trinajstić information content (AvgIpc) is 3.04. The first kappa shape index (κ1) is 15.4. The molecular weight excluding hydrogens is 280 g/mol. The summed E-state index contributed by atoms with van der Waals surface area (Å²) in [5.74, 6) is -0.493. The first-order chi connectivity index (χ1) is 9.60. The Hall–Kier alpha value is -0.950. The van der Waals surface area contributed by atoms with E-state index in [2.05, 4.69) is 0 Å². The van der Waals surface area contributed by atoms with Crippen molar-refractivity contribution in [3.63, 3.8) is 0 Å². The van der Waals surface area contributed by atoms with Gasteiger partial charge in [-0.2, -0.15) is 0 Å². The van der Waals surface area contributed by atoms with E-state index in [1.807, 2.05) is 6.92 Å². The maximum Gasteiger partial charge on any atom is 0.327 e. The van der Waals surface area contributed by atoms with E-state index in [0.717, 1.165) is 25.7 Å². The van der Waals surface area contributed by atoms with Crippen LogP contribution in [-0.2, 0) is 4.79 Å². The predicted molar refractivity (Wildman–Crippen MR) is 76.6 cm³/mol. The van der Waals surface area contributed by atoms with Gasteiger partial charge in [-0.3, -0.25) is 4.90 Å². The molecule has 6 nitrogen and oxygen atoms in total. The molecule has 2 fully saturated rings. The molecule has 0 aromatic rings. The highest BCUT2D eigenvalue weighted by atomic mass is 32.2. The number of aliphatic carboxylic acids is 1. The molecule has 3 unspecified atom stereocenters. The van der Waals surface area contributed by atoms with Gasteiger partial charge >= 0.3 is 12.0 Å². The summed E-state index contributed by atoms with van der Waals surface area (Å²) in [5, 5.41) is 18.6. The number of aliphatic hydroxyl groups is 1. The summed E-state index contributed by atoms with van der Waals surface area (Å²) in [7, 11) is 0. The lowest BCUT2D eigenvalue weighted by molar-refractivity contribution is -0.141. The largest absolute Gasteiger partial charge is 0.480 e. The molecule has 0 aromatic carbocycles. The second-order valence-electron chi connectivity index (χ2n) is 5.29. The Morgan fingerprint density at radius 3 is 2.75 bits per heavy atom. The molecule has 0 saturated carbocycles. The zero-order chi connectivity index (χ0) is 14.7. The smallest absolute Gasteiger partial charge is 0.327 e. The average molecular weight is 302 g/mol. The summed E-state index contributed by atoms with van der Waals surface area (Å²) in [6.07, 6.45) is 3.38. The predicted octanol–water partition coefficient (Wildman–Crippen LogP) is 1.19. The lowest BCUT2D eigenvalue weighted by Crippen LogP contribution is -2.53. The third-order valence-corrected chi connectivity index (χ3v) is 5.32. The van der Waals surface area contributed by atoms with E-state index >= 15 is 0 Å². The van der Waals surface area contributed by atoms with Crippen LogP contribution in [0.1, 0.15) is 32.6 Å². The minimum Gasteiger partial charge on any atom is -0.480 e. The van der Waals surface area contributed by atoms with Crippen molar-refractivity contribution in [3.8, 4) is 0 Å². The molecule has 20 heavy (non-hydrogen) atoms. The highest BCUT2D eigenvalue weighted by Gasteiger charge is 2.44. The summed E-state index contributed by atoms with van der Waals surface area (Å²) in [6.45, 7) is 2.59. The number of carbonyl (C=O) groups excluding carboxylic acids is 1. The molecule has 3 atom stereocenters. The SMILES string of the molecule is CCCC1SCC(C(=O)O)N1C(=O)N1CCCC1CO. The Morgan fingerprint density at radius 2 is 2.15 bits per heavy atom. The first-order valence-electron chi connectivity index (χ1n) is 7.14. The molecule has 0 radical (unpaired) electrons. The van der Waals surface area contributed by atoms with E-state index in [9.17, 15) is 19.8 Å².